The number of aromatic nitrogens is 1. The van der Waals surface area contributed by atoms with E-state index in [0.29, 0.717) is 29.6 Å². The number of methoxy groups -OCH3 is 1. The second-order valence-corrected chi connectivity index (χ2v) is 7.95. The summed E-state index contributed by atoms with van der Waals surface area (Å²) in [5.74, 6) is -0.978. The highest BCUT2D eigenvalue weighted by Gasteiger charge is 2.28. The Kier molecular flexibility index (Phi) is 6.24. The number of carbonyl (C=O) groups excluding carboxylic acids is 2. The van der Waals surface area contributed by atoms with Crippen molar-refractivity contribution < 1.29 is 28.6 Å². The zero-order valence-electron chi connectivity index (χ0n) is 18.7. The number of halogens is 1. The Labute approximate surface area is 190 Å². The van der Waals surface area contributed by atoms with Gasteiger partial charge in [0.05, 0.1) is 25.9 Å². The number of hydrogen-bond donors (Lipinski definition) is 3. The van der Waals surface area contributed by atoms with E-state index < -0.39 is 11.8 Å². The summed E-state index contributed by atoms with van der Waals surface area (Å²) in [6, 6.07) is 7.45. The van der Waals surface area contributed by atoms with Crippen molar-refractivity contribution in [3.63, 3.8) is 0 Å². The summed E-state index contributed by atoms with van der Waals surface area (Å²) in [6.45, 7) is 4.50. The number of aromatic hydroxyl groups is 1. The van der Waals surface area contributed by atoms with E-state index in [2.05, 4.69) is 10.3 Å². The minimum Gasteiger partial charge on any atom is -0.504 e. The molecule has 174 valence electrons. The lowest BCUT2D eigenvalue weighted by Crippen LogP contribution is -2.39. The van der Waals surface area contributed by atoms with Gasteiger partial charge in [-0.05, 0) is 61.7 Å². The first-order valence-corrected chi connectivity index (χ1v) is 10.7. The number of esters is 1. The van der Waals surface area contributed by atoms with Crippen molar-refractivity contribution in [3.05, 3.63) is 53.0 Å². The largest absolute Gasteiger partial charge is 0.504 e. The highest BCUT2D eigenvalue weighted by Crippen LogP contribution is 2.37. The molecule has 0 aliphatic carbocycles. The Morgan fingerprint density at radius 1 is 1.30 bits per heavy atom. The molecule has 0 bridgehead atoms. The maximum absolute atomic E-state index is 13.9. The lowest BCUT2D eigenvalue weighted by atomic mass is 9.93. The molecule has 2 heterocycles. The number of carbonyl (C=O) groups is 2. The van der Waals surface area contributed by atoms with Crippen molar-refractivity contribution in [1.82, 2.24) is 9.88 Å². The molecular weight excluding hydrogens is 429 g/mol. The standard InChI is InChI=1S/C24H26FN3O5/c1-4-33-24(31)23-22(17-10-15(25)5-6-18(17)26-23)27-21(30)12-28-8-7-14-9-19(29)20(32-3)11-16(14)13(28)2/h5-6,9-11,13,26,29H,4,7-8,12H2,1-3H3,(H,27,30). The maximum Gasteiger partial charge on any atom is 0.356 e. The Balaban J connectivity index is 1.57. The number of benzene rings is 2. The van der Waals surface area contributed by atoms with Gasteiger partial charge in [0, 0.05) is 23.5 Å². The summed E-state index contributed by atoms with van der Waals surface area (Å²) in [5.41, 5.74) is 2.77. The Bertz CT molecular complexity index is 1220. The summed E-state index contributed by atoms with van der Waals surface area (Å²) in [4.78, 5) is 30.3. The van der Waals surface area contributed by atoms with Crippen LogP contribution < -0.4 is 10.1 Å². The minimum absolute atomic E-state index is 0.0635. The number of H-pyrrole nitrogens is 1. The molecule has 3 aromatic rings. The first-order valence-electron chi connectivity index (χ1n) is 10.7. The van der Waals surface area contributed by atoms with Crippen molar-refractivity contribution in [3.8, 4) is 11.5 Å². The Morgan fingerprint density at radius 3 is 2.82 bits per heavy atom. The third-order valence-corrected chi connectivity index (χ3v) is 5.96. The van der Waals surface area contributed by atoms with Crippen LogP contribution in [0.1, 0.15) is 41.5 Å². The molecule has 4 rings (SSSR count). The maximum atomic E-state index is 13.9. The van der Waals surface area contributed by atoms with Gasteiger partial charge in [0.25, 0.3) is 0 Å². The van der Waals surface area contributed by atoms with E-state index >= 15 is 0 Å². The lowest BCUT2D eigenvalue weighted by molar-refractivity contribution is -0.117. The van der Waals surface area contributed by atoms with Crippen LogP contribution in [-0.2, 0) is 16.0 Å². The number of amides is 1. The van der Waals surface area contributed by atoms with Gasteiger partial charge in [-0.3, -0.25) is 9.69 Å². The molecule has 1 amide bonds. The molecule has 8 nitrogen and oxygen atoms in total. The zero-order chi connectivity index (χ0) is 23.7. The van der Waals surface area contributed by atoms with E-state index in [-0.39, 0.29) is 42.2 Å². The number of nitrogens with zero attached hydrogens (tertiary/aromatic N) is 1. The van der Waals surface area contributed by atoms with Crippen molar-refractivity contribution in [1.29, 1.82) is 0 Å². The summed E-state index contributed by atoms with van der Waals surface area (Å²) in [7, 11) is 1.49. The van der Waals surface area contributed by atoms with Crippen LogP contribution in [0.4, 0.5) is 10.1 Å². The molecule has 9 heteroatoms. The van der Waals surface area contributed by atoms with E-state index in [9.17, 15) is 19.1 Å². The third kappa shape index (κ3) is 4.36. The first-order chi connectivity index (χ1) is 15.8. The number of phenolic OH excluding ortho intramolecular Hbond substituents is 1. The van der Waals surface area contributed by atoms with E-state index in [4.69, 9.17) is 9.47 Å². The smallest absolute Gasteiger partial charge is 0.356 e. The van der Waals surface area contributed by atoms with Crippen LogP contribution in [0.5, 0.6) is 11.5 Å². The van der Waals surface area contributed by atoms with Gasteiger partial charge >= 0.3 is 5.97 Å². The highest BCUT2D eigenvalue weighted by molar-refractivity contribution is 6.11. The minimum atomic E-state index is -0.628. The van der Waals surface area contributed by atoms with Gasteiger partial charge in [-0.2, -0.15) is 0 Å². The molecular formula is C24H26FN3O5. The fourth-order valence-corrected chi connectivity index (χ4v) is 4.28. The highest BCUT2D eigenvalue weighted by atomic mass is 19.1. The normalized spacial score (nSPS) is 15.8. The van der Waals surface area contributed by atoms with Crippen LogP contribution in [0.25, 0.3) is 10.9 Å². The predicted molar refractivity (Wildman–Crippen MR) is 121 cm³/mol. The van der Waals surface area contributed by atoms with Crippen LogP contribution in [0.2, 0.25) is 0 Å². The van der Waals surface area contributed by atoms with Crippen molar-refractivity contribution in [2.75, 3.05) is 32.1 Å². The molecule has 1 atom stereocenters. The summed E-state index contributed by atoms with van der Waals surface area (Å²) < 4.78 is 24.2. The molecule has 0 fully saturated rings. The molecule has 33 heavy (non-hydrogen) atoms. The summed E-state index contributed by atoms with van der Waals surface area (Å²) >= 11 is 0. The SMILES string of the molecule is CCOC(=O)c1[nH]c2ccc(F)cc2c1NC(=O)CN1CCc2cc(O)c(OC)cc2C1C. The number of aromatic amines is 1. The number of anilines is 1. The third-order valence-electron chi connectivity index (χ3n) is 5.96. The van der Waals surface area contributed by atoms with Crippen molar-refractivity contribution in [2.45, 2.75) is 26.3 Å². The van der Waals surface area contributed by atoms with Crippen LogP contribution >= 0.6 is 0 Å². The molecule has 3 N–H and O–H groups in total. The number of fused-ring (bicyclic) bond motifs is 2. The molecule has 1 aromatic heterocycles. The second-order valence-electron chi connectivity index (χ2n) is 7.95. The monoisotopic (exact) mass is 455 g/mol. The molecule has 1 aliphatic rings. The number of ether oxygens (including phenoxy) is 2. The van der Waals surface area contributed by atoms with Gasteiger partial charge in [-0.1, -0.05) is 0 Å². The molecule has 1 unspecified atom stereocenters. The quantitative estimate of drug-likeness (QED) is 0.489. The van der Waals surface area contributed by atoms with Crippen LogP contribution in [0.15, 0.2) is 30.3 Å². The number of hydrogen-bond acceptors (Lipinski definition) is 6. The lowest BCUT2D eigenvalue weighted by Gasteiger charge is -2.35. The average Bonchev–Trinajstić information content (AvgIpc) is 3.13. The van der Waals surface area contributed by atoms with E-state index in [1.165, 1.54) is 25.3 Å². The molecule has 0 saturated carbocycles. The second kappa shape index (κ2) is 9.11. The molecule has 1 aliphatic heterocycles. The molecule has 2 aromatic carbocycles. The fourth-order valence-electron chi connectivity index (χ4n) is 4.28. The Hall–Kier alpha value is -3.59. The number of rotatable bonds is 6. The summed E-state index contributed by atoms with van der Waals surface area (Å²) in [5, 5.41) is 13.2. The van der Waals surface area contributed by atoms with Gasteiger partial charge < -0.3 is 24.9 Å². The fraction of sp³-hybridized carbons (Fsp3) is 0.333. The van der Waals surface area contributed by atoms with Gasteiger partial charge in [0.1, 0.15) is 11.5 Å². The van der Waals surface area contributed by atoms with E-state index in [1.807, 2.05) is 11.8 Å². The zero-order valence-corrected chi connectivity index (χ0v) is 18.7. The van der Waals surface area contributed by atoms with Gasteiger partial charge in [-0.25, -0.2) is 9.18 Å². The van der Waals surface area contributed by atoms with E-state index in [1.54, 1.807) is 19.1 Å². The van der Waals surface area contributed by atoms with Crippen LogP contribution in [0.3, 0.4) is 0 Å². The van der Waals surface area contributed by atoms with Gasteiger partial charge in [0.15, 0.2) is 11.5 Å². The topological polar surface area (TPSA) is 104 Å². The van der Waals surface area contributed by atoms with Crippen LogP contribution in [0, 0.1) is 5.82 Å². The molecule has 0 radical (unpaired) electrons. The average molecular weight is 455 g/mol. The van der Waals surface area contributed by atoms with Crippen molar-refractivity contribution >= 4 is 28.5 Å². The summed E-state index contributed by atoms with van der Waals surface area (Å²) in [6.07, 6.45) is 0.664. The van der Waals surface area contributed by atoms with Gasteiger partial charge in [-0.15, -0.1) is 0 Å². The molecule has 0 spiro atoms. The molecule has 0 saturated heterocycles. The first kappa shape index (κ1) is 22.6. The van der Waals surface area contributed by atoms with E-state index in [0.717, 1.165) is 11.1 Å². The Morgan fingerprint density at radius 2 is 2.09 bits per heavy atom. The van der Waals surface area contributed by atoms with Gasteiger partial charge in [0.2, 0.25) is 5.91 Å². The van der Waals surface area contributed by atoms with Crippen molar-refractivity contribution in [2.24, 2.45) is 0 Å². The number of phenols is 1. The van der Waals surface area contributed by atoms with Crippen LogP contribution in [-0.4, -0.2) is 53.7 Å². The predicted octanol–water partition coefficient (Wildman–Crippen LogP) is 3.76. The number of nitrogens with one attached hydrogen (secondary N) is 2.